The standard InChI is InChI=1S/C14H11ClFN3O2/c15-11-6-10(16)3-4-12(11)18-13(20)8-19-5-1-2-9(7-19)14(17)21/h1-7H,8H2,(H2-,17,18,20,21)/p+1. The maximum atomic E-state index is 12.9. The minimum absolute atomic E-state index is 0.0329. The van der Waals surface area contributed by atoms with Crippen molar-refractivity contribution in [3.05, 3.63) is 59.1 Å². The number of amides is 2. The number of pyridine rings is 1. The van der Waals surface area contributed by atoms with Crippen LogP contribution in [0.3, 0.4) is 0 Å². The monoisotopic (exact) mass is 308 g/mol. The normalized spacial score (nSPS) is 10.2. The van der Waals surface area contributed by atoms with Crippen LogP contribution in [-0.2, 0) is 11.3 Å². The highest BCUT2D eigenvalue weighted by molar-refractivity contribution is 6.33. The van der Waals surface area contributed by atoms with Gasteiger partial charge in [-0.05, 0) is 24.3 Å². The van der Waals surface area contributed by atoms with Crippen LogP contribution in [0.5, 0.6) is 0 Å². The van der Waals surface area contributed by atoms with Crippen LogP contribution in [0.1, 0.15) is 10.4 Å². The van der Waals surface area contributed by atoms with Crippen molar-refractivity contribution in [1.82, 2.24) is 0 Å². The van der Waals surface area contributed by atoms with Gasteiger partial charge in [-0.25, -0.2) is 4.39 Å². The highest BCUT2D eigenvalue weighted by atomic mass is 35.5. The molecule has 0 fully saturated rings. The first-order valence-corrected chi connectivity index (χ1v) is 6.37. The van der Waals surface area contributed by atoms with Crippen molar-refractivity contribution in [2.24, 2.45) is 5.73 Å². The summed E-state index contributed by atoms with van der Waals surface area (Å²) < 4.78 is 14.4. The van der Waals surface area contributed by atoms with Crippen LogP contribution in [0.2, 0.25) is 5.02 Å². The minimum Gasteiger partial charge on any atom is -0.365 e. The summed E-state index contributed by atoms with van der Waals surface area (Å²) in [7, 11) is 0. The molecule has 0 aliphatic rings. The van der Waals surface area contributed by atoms with Crippen molar-refractivity contribution in [2.45, 2.75) is 6.54 Å². The number of nitrogens with one attached hydrogen (secondary N) is 1. The molecule has 0 unspecified atom stereocenters. The van der Waals surface area contributed by atoms with Crippen LogP contribution in [0.4, 0.5) is 10.1 Å². The summed E-state index contributed by atoms with van der Waals surface area (Å²) in [6.07, 6.45) is 3.09. The predicted octanol–water partition coefficient (Wildman–Crippen LogP) is 1.50. The molecule has 2 rings (SSSR count). The fourth-order valence-corrected chi connectivity index (χ4v) is 1.93. The highest BCUT2D eigenvalue weighted by Crippen LogP contribution is 2.22. The van der Waals surface area contributed by atoms with Crippen LogP contribution >= 0.6 is 11.6 Å². The van der Waals surface area contributed by atoms with Gasteiger partial charge in [-0.1, -0.05) is 11.6 Å². The van der Waals surface area contributed by atoms with Gasteiger partial charge in [-0.15, -0.1) is 0 Å². The molecule has 0 spiro atoms. The van der Waals surface area contributed by atoms with Gasteiger partial charge in [0.15, 0.2) is 12.4 Å². The van der Waals surface area contributed by atoms with Crippen molar-refractivity contribution in [2.75, 3.05) is 5.32 Å². The molecular formula is C14H12ClFN3O2+. The van der Waals surface area contributed by atoms with Crippen LogP contribution in [0.25, 0.3) is 0 Å². The summed E-state index contributed by atoms with van der Waals surface area (Å²) in [6.45, 7) is -0.0329. The molecule has 0 aliphatic carbocycles. The molecule has 7 heteroatoms. The smallest absolute Gasteiger partial charge is 0.290 e. The second kappa shape index (κ2) is 6.32. The van der Waals surface area contributed by atoms with Gasteiger partial charge in [0.1, 0.15) is 11.4 Å². The summed E-state index contributed by atoms with van der Waals surface area (Å²) in [6, 6.07) is 6.84. The van der Waals surface area contributed by atoms with E-state index in [1.807, 2.05) is 0 Å². The molecule has 2 amide bonds. The number of hydrogen-bond donors (Lipinski definition) is 2. The van der Waals surface area contributed by atoms with Crippen LogP contribution in [0, 0.1) is 5.82 Å². The van der Waals surface area contributed by atoms with Crippen molar-refractivity contribution in [3.63, 3.8) is 0 Å². The fourth-order valence-electron chi connectivity index (χ4n) is 1.71. The first-order chi connectivity index (χ1) is 9.95. The molecular weight excluding hydrogens is 297 g/mol. The number of benzene rings is 1. The van der Waals surface area contributed by atoms with Crippen LogP contribution in [-0.4, -0.2) is 11.8 Å². The zero-order valence-electron chi connectivity index (χ0n) is 10.8. The van der Waals surface area contributed by atoms with Crippen LogP contribution in [0.15, 0.2) is 42.7 Å². The summed E-state index contributed by atoms with van der Waals surface area (Å²) in [4.78, 5) is 23.0. The average molecular weight is 309 g/mol. The lowest BCUT2D eigenvalue weighted by atomic mass is 10.2. The van der Waals surface area contributed by atoms with Gasteiger partial charge >= 0.3 is 0 Å². The van der Waals surface area contributed by atoms with Crippen molar-refractivity contribution >= 4 is 29.1 Å². The Morgan fingerprint density at radius 3 is 2.76 bits per heavy atom. The molecule has 0 saturated heterocycles. The van der Waals surface area contributed by atoms with Crippen molar-refractivity contribution in [1.29, 1.82) is 0 Å². The number of rotatable bonds is 4. The van der Waals surface area contributed by atoms with E-state index >= 15 is 0 Å². The number of carbonyl (C=O) groups excluding carboxylic acids is 2. The number of anilines is 1. The molecule has 0 atom stereocenters. The third kappa shape index (κ3) is 4.00. The van der Waals surface area contributed by atoms with Crippen molar-refractivity contribution < 1.29 is 18.5 Å². The fraction of sp³-hybridized carbons (Fsp3) is 0.0714. The van der Waals surface area contributed by atoms with E-state index in [1.54, 1.807) is 18.3 Å². The van der Waals surface area contributed by atoms with E-state index in [0.717, 1.165) is 6.07 Å². The Labute approximate surface area is 125 Å². The molecule has 2 aromatic rings. The molecule has 0 saturated carbocycles. The van der Waals surface area contributed by atoms with Gasteiger partial charge in [0.2, 0.25) is 6.54 Å². The van der Waals surface area contributed by atoms with Gasteiger partial charge in [0, 0.05) is 6.07 Å². The Morgan fingerprint density at radius 2 is 2.10 bits per heavy atom. The Bertz CT molecular complexity index is 706. The highest BCUT2D eigenvalue weighted by Gasteiger charge is 2.13. The summed E-state index contributed by atoms with van der Waals surface area (Å²) >= 11 is 5.82. The number of hydrogen-bond acceptors (Lipinski definition) is 2. The largest absolute Gasteiger partial charge is 0.365 e. The number of nitrogens with two attached hydrogens (primary N) is 1. The average Bonchev–Trinajstić information content (AvgIpc) is 2.42. The zero-order valence-corrected chi connectivity index (χ0v) is 11.6. The Kier molecular flexibility index (Phi) is 4.49. The summed E-state index contributed by atoms with van der Waals surface area (Å²) in [5.41, 5.74) is 5.78. The van der Waals surface area contributed by atoms with E-state index in [2.05, 4.69) is 5.32 Å². The van der Waals surface area contributed by atoms with E-state index in [-0.39, 0.29) is 17.5 Å². The Balaban J connectivity index is 2.08. The summed E-state index contributed by atoms with van der Waals surface area (Å²) in [5, 5.41) is 2.67. The number of carbonyl (C=O) groups is 2. The lowest BCUT2D eigenvalue weighted by Crippen LogP contribution is -2.40. The number of halogens is 2. The molecule has 0 bridgehead atoms. The van der Waals surface area contributed by atoms with Gasteiger partial charge in [0.05, 0.1) is 10.7 Å². The maximum absolute atomic E-state index is 12.9. The first kappa shape index (κ1) is 14.9. The number of aromatic nitrogens is 1. The third-order valence-electron chi connectivity index (χ3n) is 2.67. The molecule has 1 aromatic heterocycles. The van der Waals surface area contributed by atoms with E-state index in [9.17, 15) is 14.0 Å². The Morgan fingerprint density at radius 1 is 1.33 bits per heavy atom. The Hall–Kier alpha value is -2.47. The van der Waals surface area contributed by atoms with E-state index < -0.39 is 11.7 Å². The molecule has 5 nitrogen and oxygen atoms in total. The lowest BCUT2D eigenvalue weighted by molar-refractivity contribution is -0.684. The van der Waals surface area contributed by atoms with Gasteiger partial charge < -0.3 is 11.1 Å². The zero-order chi connectivity index (χ0) is 15.4. The number of primary amides is 1. The molecule has 0 radical (unpaired) electrons. The van der Waals surface area contributed by atoms with Crippen molar-refractivity contribution in [3.8, 4) is 0 Å². The van der Waals surface area contributed by atoms with Gasteiger partial charge in [-0.2, -0.15) is 4.57 Å². The van der Waals surface area contributed by atoms with E-state index in [4.69, 9.17) is 17.3 Å². The van der Waals surface area contributed by atoms with E-state index in [0.29, 0.717) is 11.3 Å². The molecule has 1 heterocycles. The second-order valence-electron chi connectivity index (χ2n) is 4.30. The molecule has 3 N–H and O–H groups in total. The minimum atomic E-state index is -0.577. The van der Waals surface area contributed by atoms with Crippen LogP contribution < -0.4 is 15.6 Å². The molecule has 21 heavy (non-hydrogen) atoms. The SMILES string of the molecule is NC(=O)c1ccc[n+](CC(=O)Nc2ccc(F)cc2Cl)c1. The quantitative estimate of drug-likeness (QED) is 0.840. The predicted molar refractivity (Wildman–Crippen MR) is 75.2 cm³/mol. The summed E-state index contributed by atoms with van der Waals surface area (Å²) in [5.74, 6) is -1.43. The van der Waals surface area contributed by atoms with Gasteiger partial charge in [0.25, 0.3) is 11.8 Å². The van der Waals surface area contributed by atoms with E-state index in [1.165, 1.54) is 22.9 Å². The molecule has 1 aromatic carbocycles. The molecule has 0 aliphatic heterocycles. The molecule has 108 valence electrons. The first-order valence-electron chi connectivity index (χ1n) is 5.99. The maximum Gasteiger partial charge on any atom is 0.290 e. The number of nitrogens with zero attached hydrogens (tertiary/aromatic N) is 1. The lowest BCUT2D eigenvalue weighted by Gasteiger charge is -2.05. The van der Waals surface area contributed by atoms with Gasteiger partial charge in [-0.3, -0.25) is 9.59 Å². The second-order valence-corrected chi connectivity index (χ2v) is 4.71. The third-order valence-corrected chi connectivity index (χ3v) is 2.99. The topological polar surface area (TPSA) is 76.1 Å².